The van der Waals surface area contributed by atoms with Gasteiger partial charge in [0.1, 0.15) is 0 Å². The number of phenolic OH excluding ortho intramolecular Hbond substituents is 2. The molecule has 0 aliphatic heterocycles. The molecule has 76 valence electrons. The van der Waals surface area contributed by atoms with Gasteiger partial charge in [-0.15, -0.1) is 0 Å². The van der Waals surface area contributed by atoms with E-state index >= 15 is 0 Å². The van der Waals surface area contributed by atoms with Crippen LogP contribution in [0.2, 0.25) is 0 Å². The van der Waals surface area contributed by atoms with Crippen LogP contribution in [0.3, 0.4) is 0 Å². The van der Waals surface area contributed by atoms with Crippen LogP contribution in [0.4, 0.5) is 0 Å². The Morgan fingerprint density at radius 1 is 1.36 bits per heavy atom. The van der Waals surface area contributed by atoms with Crippen LogP contribution in [0, 0.1) is 0 Å². The number of carbonyl (C=O) groups is 1. The molecule has 0 aliphatic carbocycles. The maximum absolute atomic E-state index is 11.5. The van der Waals surface area contributed by atoms with E-state index in [9.17, 15) is 15.0 Å². The fraction of sp³-hybridized carbons (Fsp3) is 0.364. The molecule has 0 amide bonds. The van der Waals surface area contributed by atoms with Crippen molar-refractivity contribution in [2.24, 2.45) is 0 Å². The van der Waals surface area contributed by atoms with Crippen molar-refractivity contribution >= 4 is 5.78 Å². The second-order valence-electron chi connectivity index (χ2n) is 3.20. The third-order valence-electron chi connectivity index (χ3n) is 2.07. The highest BCUT2D eigenvalue weighted by atomic mass is 16.3. The van der Waals surface area contributed by atoms with Crippen LogP contribution in [0.25, 0.3) is 0 Å². The molecular weight excluding hydrogens is 180 g/mol. The number of hydrogen-bond donors (Lipinski definition) is 2. The van der Waals surface area contributed by atoms with Crippen LogP contribution in [0.15, 0.2) is 18.2 Å². The molecule has 0 aromatic heterocycles. The van der Waals surface area contributed by atoms with Crippen molar-refractivity contribution in [3.8, 4) is 11.5 Å². The minimum absolute atomic E-state index is 0.125. The van der Waals surface area contributed by atoms with Crippen molar-refractivity contribution in [2.45, 2.75) is 26.2 Å². The molecular formula is C11H14O3. The highest BCUT2D eigenvalue weighted by Gasteiger charge is 2.12. The van der Waals surface area contributed by atoms with E-state index in [0.29, 0.717) is 6.42 Å². The van der Waals surface area contributed by atoms with Crippen molar-refractivity contribution in [3.63, 3.8) is 0 Å². The van der Waals surface area contributed by atoms with Crippen LogP contribution in [0.1, 0.15) is 36.5 Å². The van der Waals surface area contributed by atoms with Crippen molar-refractivity contribution < 1.29 is 15.0 Å². The minimum atomic E-state index is -0.311. The lowest BCUT2D eigenvalue weighted by atomic mass is 10.0. The van der Waals surface area contributed by atoms with E-state index in [4.69, 9.17) is 0 Å². The Labute approximate surface area is 83.0 Å². The molecule has 0 bridgehead atoms. The van der Waals surface area contributed by atoms with E-state index in [2.05, 4.69) is 0 Å². The van der Waals surface area contributed by atoms with Gasteiger partial charge in [0, 0.05) is 6.42 Å². The quantitative estimate of drug-likeness (QED) is 0.571. The normalized spacial score (nSPS) is 10.1. The summed E-state index contributed by atoms with van der Waals surface area (Å²) < 4.78 is 0. The molecule has 0 spiro atoms. The Hall–Kier alpha value is -1.51. The lowest BCUT2D eigenvalue weighted by molar-refractivity contribution is 0.0976. The van der Waals surface area contributed by atoms with Gasteiger partial charge in [-0.05, 0) is 18.6 Å². The molecule has 0 saturated carbocycles. The van der Waals surface area contributed by atoms with Gasteiger partial charge in [0.15, 0.2) is 17.3 Å². The van der Waals surface area contributed by atoms with Crippen molar-refractivity contribution in [1.82, 2.24) is 0 Å². The number of benzene rings is 1. The molecule has 3 nitrogen and oxygen atoms in total. The monoisotopic (exact) mass is 194 g/mol. The molecule has 2 N–H and O–H groups in total. The van der Waals surface area contributed by atoms with Gasteiger partial charge in [0.25, 0.3) is 0 Å². The summed E-state index contributed by atoms with van der Waals surface area (Å²) in [6.07, 6.45) is 2.15. The Morgan fingerprint density at radius 2 is 2.07 bits per heavy atom. The van der Waals surface area contributed by atoms with E-state index in [1.165, 1.54) is 12.1 Å². The van der Waals surface area contributed by atoms with Crippen LogP contribution < -0.4 is 0 Å². The standard InChI is InChI=1S/C11H14O3/c1-2-3-6-9(12)8-5-4-7-10(13)11(8)14/h4-5,7,13-14H,2-3,6H2,1H3. The molecule has 0 atom stereocenters. The number of aromatic hydroxyl groups is 2. The first-order valence-corrected chi connectivity index (χ1v) is 4.71. The molecule has 0 aliphatic rings. The summed E-state index contributed by atoms with van der Waals surface area (Å²) in [5.41, 5.74) is 0.207. The van der Waals surface area contributed by atoms with Crippen LogP contribution in [-0.2, 0) is 0 Å². The Bertz CT molecular complexity index is 331. The number of carbonyl (C=O) groups excluding carboxylic acids is 1. The SMILES string of the molecule is CCCCC(=O)c1cccc(O)c1O. The van der Waals surface area contributed by atoms with Crippen LogP contribution in [0.5, 0.6) is 11.5 Å². The second-order valence-corrected chi connectivity index (χ2v) is 3.20. The lowest BCUT2D eigenvalue weighted by Crippen LogP contribution is -1.98. The number of rotatable bonds is 4. The Kier molecular flexibility index (Phi) is 3.51. The first-order valence-electron chi connectivity index (χ1n) is 4.71. The molecule has 0 fully saturated rings. The predicted molar refractivity (Wildman–Crippen MR) is 53.6 cm³/mol. The van der Waals surface area contributed by atoms with Crippen molar-refractivity contribution in [2.75, 3.05) is 0 Å². The molecule has 0 unspecified atom stereocenters. The van der Waals surface area contributed by atoms with Gasteiger partial charge < -0.3 is 10.2 Å². The van der Waals surface area contributed by atoms with Crippen molar-refractivity contribution in [1.29, 1.82) is 0 Å². The Morgan fingerprint density at radius 3 is 2.71 bits per heavy atom. The van der Waals surface area contributed by atoms with E-state index in [-0.39, 0.29) is 22.8 Å². The summed E-state index contributed by atoms with van der Waals surface area (Å²) in [5.74, 6) is -0.679. The second kappa shape index (κ2) is 4.65. The zero-order valence-corrected chi connectivity index (χ0v) is 8.16. The van der Waals surface area contributed by atoms with Gasteiger partial charge in [-0.2, -0.15) is 0 Å². The van der Waals surface area contributed by atoms with Gasteiger partial charge in [0.2, 0.25) is 0 Å². The Balaban J connectivity index is 2.84. The summed E-state index contributed by atoms with van der Waals surface area (Å²) in [6, 6.07) is 4.42. The maximum atomic E-state index is 11.5. The first kappa shape index (κ1) is 10.6. The lowest BCUT2D eigenvalue weighted by Gasteiger charge is -2.04. The smallest absolute Gasteiger partial charge is 0.168 e. The van der Waals surface area contributed by atoms with Gasteiger partial charge in [-0.1, -0.05) is 19.4 Å². The molecule has 3 heteroatoms. The summed E-state index contributed by atoms with van der Waals surface area (Å²) in [4.78, 5) is 11.5. The number of ketones is 1. The van der Waals surface area contributed by atoms with E-state index < -0.39 is 0 Å². The fourth-order valence-electron chi connectivity index (χ4n) is 1.23. The highest BCUT2D eigenvalue weighted by molar-refractivity contribution is 5.99. The zero-order chi connectivity index (χ0) is 10.6. The fourth-order valence-corrected chi connectivity index (χ4v) is 1.23. The number of Topliss-reactive ketones (excluding diaryl/α,β-unsaturated/α-hetero) is 1. The molecule has 1 rings (SSSR count). The number of hydrogen-bond acceptors (Lipinski definition) is 3. The van der Waals surface area contributed by atoms with Crippen LogP contribution in [-0.4, -0.2) is 16.0 Å². The molecule has 1 aromatic carbocycles. The average molecular weight is 194 g/mol. The van der Waals surface area contributed by atoms with Crippen molar-refractivity contribution in [3.05, 3.63) is 23.8 Å². The summed E-state index contributed by atoms with van der Waals surface area (Å²) >= 11 is 0. The van der Waals surface area contributed by atoms with Gasteiger partial charge >= 0.3 is 0 Å². The van der Waals surface area contributed by atoms with E-state index in [0.717, 1.165) is 12.8 Å². The molecule has 14 heavy (non-hydrogen) atoms. The number of para-hydroxylation sites is 1. The van der Waals surface area contributed by atoms with Gasteiger partial charge in [0.05, 0.1) is 5.56 Å². The number of unbranched alkanes of at least 4 members (excludes halogenated alkanes) is 1. The predicted octanol–water partition coefficient (Wildman–Crippen LogP) is 2.47. The van der Waals surface area contributed by atoms with Gasteiger partial charge in [-0.3, -0.25) is 4.79 Å². The summed E-state index contributed by atoms with van der Waals surface area (Å²) in [7, 11) is 0. The largest absolute Gasteiger partial charge is 0.504 e. The zero-order valence-electron chi connectivity index (χ0n) is 8.16. The molecule has 0 saturated heterocycles. The maximum Gasteiger partial charge on any atom is 0.168 e. The van der Waals surface area contributed by atoms with E-state index in [1.54, 1.807) is 6.07 Å². The highest BCUT2D eigenvalue weighted by Crippen LogP contribution is 2.29. The average Bonchev–Trinajstić information content (AvgIpc) is 2.18. The molecule has 0 radical (unpaired) electrons. The third-order valence-corrected chi connectivity index (χ3v) is 2.07. The summed E-state index contributed by atoms with van der Waals surface area (Å²) in [5, 5.41) is 18.6. The summed E-state index contributed by atoms with van der Waals surface area (Å²) in [6.45, 7) is 2.00. The van der Waals surface area contributed by atoms with E-state index in [1.807, 2.05) is 6.92 Å². The van der Waals surface area contributed by atoms with Crippen LogP contribution >= 0.6 is 0 Å². The number of phenols is 2. The first-order chi connectivity index (χ1) is 6.66. The molecule has 1 aromatic rings. The topological polar surface area (TPSA) is 57.5 Å². The minimum Gasteiger partial charge on any atom is -0.504 e. The van der Waals surface area contributed by atoms with Gasteiger partial charge in [-0.25, -0.2) is 0 Å². The molecule has 0 heterocycles. The third kappa shape index (κ3) is 2.25.